The van der Waals surface area contributed by atoms with E-state index >= 15 is 0 Å². The molecule has 0 saturated carbocycles. The number of fused-ring (bicyclic) bond motifs is 1. The molecule has 3 saturated heterocycles. The van der Waals surface area contributed by atoms with Gasteiger partial charge in [-0.3, -0.25) is 19.2 Å². The Labute approximate surface area is 349 Å². The fourth-order valence-corrected chi connectivity index (χ4v) is 9.45. The van der Waals surface area contributed by atoms with Gasteiger partial charge in [-0.05, 0) is 105 Å². The largest absolute Gasteiger partial charge is 0.458 e. The Morgan fingerprint density at radius 3 is 2.46 bits per heavy atom. The number of likely N-dealkylation sites (N-methyl/N-ethyl adjacent to an activating group) is 1. The second-order valence-corrected chi connectivity index (χ2v) is 17.8. The van der Waals surface area contributed by atoms with Crippen molar-refractivity contribution in [3.05, 3.63) is 30.5 Å². The van der Waals surface area contributed by atoms with Crippen molar-refractivity contribution in [3.63, 3.8) is 0 Å². The van der Waals surface area contributed by atoms with Crippen molar-refractivity contribution in [2.75, 3.05) is 40.0 Å². The number of benzene rings is 1. The molecule has 4 unspecified atom stereocenters. The number of methoxy groups -OCH3 is 1. The molecule has 1 aromatic heterocycles. The van der Waals surface area contributed by atoms with Gasteiger partial charge in [0.2, 0.25) is 0 Å². The first kappa shape index (κ1) is 46.4. The molecule has 2 aromatic rings. The average Bonchev–Trinajstić information content (AvgIpc) is 3.77. The smallest absolute Gasteiger partial charge is 0.410 e. The number of esters is 1. The van der Waals surface area contributed by atoms with Gasteiger partial charge in [-0.2, -0.15) is 0 Å². The lowest BCUT2D eigenvalue weighted by Gasteiger charge is -2.46. The van der Waals surface area contributed by atoms with E-state index in [4.69, 9.17) is 29.4 Å². The number of ether oxygens (including phenoxy) is 5. The van der Waals surface area contributed by atoms with Crippen molar-refractivity contribution < 1.29 is 43.2 Å². The first-order valence-electron chi connectivity index (χ1n) is 21.3. The number of nitrogens with two attached hydrogens (primary N) is 1. The van der Waals surface area contributed by atoms with Crippen LogP contribution in [0.4, 0.5) is 10.5 Å². The first-order chi connectivity index (χ1) is 27.8. The molecule has 5 rings (SSSR count). The summed E-state index contributed by atoms with van der Waals surface area (Å²) in [5.41, 5.74) is 5.95. The highest BCUT2D eigenvalue weighted by molar-refractivity contribution is 6.00. The molecule has 1 aromatic carbocycles. The first-order valence-corrected chi connectivity index (χ1v) is 21.3. The van der Waals surface area contributed by atoms with Crippen LogP contribution in [0.5, 0.6) is 0 Å². The van der Waals surface area contributed by atoms with Gasteiger partial charge in [0.15, 0.2) is 17.7 Å². The number of amides is 1. The van der Waals surface area contributed by atoms with Crippen LogP contribution in [0.1, 0.15) is 87.5 Å². The van der Waals surface area contributed by atoms with Crippen LogP contribution in [0, 0.1) is 17.8 Å². The molecule has 3 aliphatic rings. The van der Waals surface area contributed by atoms with Crippen LogP contribution in [0.2, 0.25) is 0 Å². The third-order valence-electron chi connectivity index (χ3n) is 12.8. The minimum atomic E-state index is -1.23. The van der Waals surface area contributed by atoms with Crippen molar-refractivity contribution in [1.82, 2.24) is 30.1 Å². The fourth-order valence-electron chi connectivity index (χ4n) is 9.45. The van der Waals surface area contributed by atoms with Gasteiger partial charge in [0.25, 0.3) is 0 Å². The number of nitrogens with one attached hydrogen (secondary N) is 1. The van der Waals surface area contributed by atoms with Gasteiger partial charge in [-0.1, -0.05) is 38.1 Å². The van der Waals surface area contributed by atoms with Crippen molar-refractivity contribution in [3.8, 4) is 11.3 Å². The predicted octanol–water partition coefficient (Wildman–Crippen LogP) is 4.28. The van der Waals surface area contributed by atoms with Crippen LogP contribution in [0.15, 0.2) is 30.5 Å². The van der Waals surface area contributed by atoms with E-state index in [9.17, 15) is 19.5 Å². The van der Waals surface area contributed by atoms with Gasteiger partial charge in [0.1, 0.15) is 23.8 Å². The van der Waals surface area contributed by atoms with Crippen molar-refractivity contribution in [2.24, 2.45) is 17.8 Å². The summed E-state index contributed by atoms with van der Waals surface area (Å²) in [6, 6.07) is 6.46. The molecule has 0 spiro atoms. The molecule has 0 bridgehead atoms. The lowest BCUT2D eigenvalue weighted by atomic mass is 9.78. The molecular formula is C43H69N7O9. The number of aromatic nitrogens is 3. The van der Waals surface area contributed by atoms with Crippen LogP contribution in [-0.2, 0) is 39.8 Å². The lowest BCUT2D eigenvalue weighted by molar-refractivity contribution is -0.295. The molecule has 13 atom stereocenters. The molecule has 0 aliphatic carbocycles. The lowest BCUT2D eigenvalue weighted by Crippen LogP contribution is -2.61. The third-order valence-corrected chi connectivity index (χ3v) is 12.8. The molecule has 59 heavy (non-hydrogen) atoms. The SMILES string of the molecule is CC[C@H]1OC(=O)C(C)C(=O)[C@@H](C)[C@@H](O[C@@H]2OC(C)CC(N(C)C)C2O)[C@](C)(OC)C[C@@H](C)CN[C@H](C)[C@H]2N(CCCCn3cc(-c4cccc(N)c4)nn3)C(=O)O[C@]12C. The van der Waals surface area contributed by atoms with E-state index in [0.29, 0.717) is 57.4 Å². The molecule has 4 heterocycles. The van der Waals surface area contributed by atoms with E-state index in [0.717, 1.165) is 11.3 Å². The van der Waals surface area contributed by atoms with E-state index in [-0.39, 0.29) is 24.1 Å². The number of nitrogens with zero attached hydrogens (tertiary/aromatic N) is 5. The number of rotatable bonds is 11. The summed E-state index contributed by atoms with van der Waals surface area (Å²) in [7, 11) is 5.39. The normalized spacial score (nSPS) is 36.5. The summed E-state index contributed by atoms with van der Waals surface area (Å²) in [5, 5.41) is 23.7. The van der Waals surface area contributed by atoms with Gasteiger partial charge in [0, 0.05) is 49.5 Å². The second kappa shape index (κ2) is 19.4. The summed E-state index contributed by atoms with van der Waals surface area (Å²) in [6.45, 7) is 16.4. The number of hydrogen-bond donors (Lipinski definition) is 3. The molecule has 0 radical (unpaired) electrons. The highest BCUT2D eigenvalue weighted by Gasteiger charge is 2.58. The Balaban J connectivity index is 1.38. The highest BCUT2D eigenvalue weighted by Crippen LogP contribution is 2.40. The van der Waals surface area contributed by atoms with Gasteiger partial charge in [-0.15, -0.1) is 5.10 Å². The molecular weight excluding hydrogens is 759 g/mol. The molecule has 1 amide bonds. The van der Waals surface area contributed by atoms with Crippen molar-refractivity contribution in [2.45, 2.75) is 154 Å². The number of nitrogen functional groups attached to an aromatic ring is 1. The summed E-state index contributed by atoms with van der Waals surface area (Å²) >= 11 is 0. The maximum absolute atomic E-state index is 14.4. The number of aliphatic hydroxyl groups is 1. The topological polar surface area (TPSA) is 193 Å². The standard InChI is InChI=1S/C43H69N7O9/c1-12-34-43(8)37(50(41(54)59-43)19-14-13-18-49-24-32(46-47-49)30-16-15-17-31(44)21-30)29(6)45-23-25(2)22-42(7,55-11)38(27(4)35(51)28(5)39(53)57-34)58-40-36(52)33(48(9)10)20-26(3)56-40/h15-17,21,24-29,33-34,36-38,40,45,52H,12-14,18-20,22-23,44H2,1-11H3/t25-,26?,27-,28?,29-,33?,34-,36?,37-,38-,40+,42-,43-/m1/s1. The second-order valence-electron chi connectivity index (χ2n) is 17.8. The van der Waals surface area contributed by atoms with Crippen LogP contribution >= 0.6 is 0 Å². The Morgan fingerprint density at radius 1 is 1.08 bits per heavy atom. The maximum Gasteiger partial charge on any atom is 0.410 e. The Morgan fingerprint density at radius 2 is 1.80 bits per heavy atom. The number of hydrogen-bond acceptors (Lipinski definition) is 14. The van der Waals surface area contributed by atoms with Gasteiger partial charge in [0.05, 0.1) is 30.0 Å². The number of Topliss-reactive ketones (excluding diaryl/α,β-unsaturated/α-hetero) is 1. The summed E-state index contributed by atoms with van der Waals surface area (Å²) in [4.78, 5) is 45.9. The quantitative estimate of drug-likeness (QED) is 0.126. The van der Waals surface area contributed by atoms with Crippen LogP contribution < -0.4 is 11.1 Å². The summed E-state index contributed by atoms with van der Waals surface area (Å²) < 4.78 is 33.3. The maximum atomic E-state index is 14.4. The third kappa shape index (κ3) is 10.3. The number of carbonyl (C=O) groups excluding carboxylic acids is 3. The Bertz CT molecular complexity index is 1740. The average molecular weight is 828 g/mol. The number of ketones is 1. The zero-order chi connectivity index (χ0) is 43.4. The number of aliphatic hydroxyl groups excluding tert-OH is 1. The van der Waals surface area contributed by atoms with E-state index in [1.165, 1.54) is 6.92 Å². The molecule has 330 valence electrons. The van der Waals surface area contributed by atoms with E-state index in [2.05, 4.69) is 22.6 Å². The number of aryl methyl sites for hydroxylation is 1. The number of carbonyl (C=O) groups is 3. The fraction of sp³-hybridized carbons (Fsp3) is 0.744. The van der Waals surface area contributed by atoms with Gasteiger partial charge < -0.3 is 44.7 Å². The number of anilines is 1. The van der Waals surface area contributed by atoms with E-state index < -0.39 is 71.5 Å². The number of cyclic esters (lactones) is 1. The zero-order valence-electron chi connectivity index (χ0n) is 36.9. The van der Waals surface area contributed by atoms with Crippen LogP contribution in [0.25, 0.3) is 11.3 Å². The zero-order valence-corrected chi connectivity index (χ0v) is 36.9. The number of unbranched alkanes of at least 4 members (excludes halogenated alkanes) is 1. The van der Waals surface area contributed by atoms with Crippen LogP contribution in [-0.4, -0.2) is 142 Å². The van der Waals surface area contributed by atoms with Crippen molar-refractivity contribution >= 4 is 23.5 Å². The monoisotopic (exact) mass is 828 g/mol. The summed E-state index contributed by atoms with van der Waals surface area (Å²) in [5.74, 6) is -3.16. The minimum absolute atomic E-state index is 0.0125. The van der Waals surface area contributed by atoms with E-state index in [1.54, 1.807) is 23.6 Å². The van der Waals surface area contributed by atoms with Gasteiger partial charge in [-0.25, -0.2) is 4.79 Å². The molecule has 4 N–H and O–H groups in total. The predicted molar refractivity (Wildman–Crippen MR) is 222 cm³/mol. The molecule has 16 nitrogen and oxygen atoms in total. The highest BCUT2D eigenvalue weighted by atomic mass is 16.7. The summed E-state index contributed by atoms with van der Waals surface area (Å²) in [6.07, 6.45) is 0.194. The van der Waals surface area contributed by atoms with Crippen LogP contribution in [0.3, 0.4) is 0 Å². The van der Waals surface area contributed by atoms with E-state index in [1.807, 2.05) is 84.1 Å². The van der Waals surface area contributed by atoms with Gasteiger partial charge >= 0.3 is 12.1 Å². The van der Waals surface area contributed by atoms with Crippen molar-refractivity contribution in [1.29, 1.82) is 0 Å². The Hall–Kier alpha value is -3.67. The molecule has 3 fully saturated rings. The molecule has 16 heteroatoms. The molecule has 3 aliphatic heterocycles. The minimum Gasteiger partial charge on any atom is -0.458 e. The Kier molecular flexibility index (Phi) is 15.2.